The van der Waals surface area contributed by atoms with Crippen LogP contribution in [0.4, 0.5) is 5.69 Å². The monoisotopic (exact) mass is 397 g/mol. The van der Waals surface area contributed by atoms with Crippen molar-refractivity contribution >= 4 is 33.7 Å². The molecule has 0 aliphatic rings. The van der Waals surface area contributed by atoms with Crippen molar-refractivity contribution < 1.29 is 9.21 Å². The lowest BCUT2D eigenvalue weighted by atomic mass is 10.0. The number of hydrogen-bond acceptors (Lipinski definition) is 5. The zero-order chi connectivity index (χ0) is 20.8. The van der Waals surface area contributed by atoms with Gasteiger partial charge in [-0.1, -0.05) is 30.3 Å². The van der Waals surface area contributed by atoms with E-state index in [-0.39, 0.29) is 5.91 Å². The predicted molar refractivity (Wildman–Crippen MR) is 115 cm³/mol. The number of nitrogens with one attached hydrogen (secondary N) is 1. The number of anilines is 1. The highest BCUT2D eigenvalue weighted by atomic mass is 16.3. The average Bonchev–Trinajstić information content (AvgIpc) is 3.25. The number of amides is 1. The van der Waals surface area contributed by atoms with Gasteiger partial charge in [-0.05, 0) is 31.2 Å². The zero-order valence-corrected chi connectivity index (χ0v) is 16.8. The van der Waals surface area contributed by atoms with Gasteiger partial charge in [0.25, 0.3) is 5.91 Å². The van der Waals surface area contributed by atoms with Crippen LogP contribution >= 0.6 is 0 Å². The maximum Gasteiger partial charge on any atom is 0.256 e. The van der Waals surface area contributed by atoms with Crippen LogP contribution in [-0.2, 0) is 7.05 Å². The molecule has 0 fully saturated rings. The van der Waals surface area contributed by atoms with Gasteiger partial charge in [0.15, 0.2) is 17.1 Å². The average molecular weight is 397 g/mol. The fraction of sp³-hybridized carbons (Fsp3) is 0.130. The molecule has 0 saturated carbocycles. The molecule has 0 aliphatic heterocycles. The molecule has 0 saturated heterocycles. The molecule has 0 atom stereocenters. The number of pyridine rings is 1. The number of hydrogen-bond donors (Lipinski definition) is 1. The molecule has 5 rings (SSSR count). The number of nitrogens with zero attached hydrogens (tertiary/aromatic N) is 4. The first-order valence-electron chi connectivity index (χ1n) is 9.58. The van der Waals surface area contributed by atoms with E-state index in [9.17, 15) is 4.79 Å². The van der Waals surface area contributed by atoms with E-state index in [4.69, 9.17) is 9.40 Å². The van der Waals surface area contributed by atoms with Gasteiger partial charge < -0.3 is 9.73 Å². The van der Waals surface area contributed by atoms with E-state index in [0.29, 0.717) is 33.9 Å². The quantitative estimate of drug-likeness (QED) is 0.479. The molecule has 0 aliphatic carbocycles. The van der Waals surface area contributed by atoms with Gasteiger partial charge in [0.1, 0.15) is 5.52 Å². The molecule has 0 spiro atoms. The molecule has 3 aromatic heterocycles. The third kappa shape index (κ3) is 3.00. The van der Waals surface area contributed by atoms with Crippen LogP contribution in [0.2, 0.25) is 0 Å². The highest BCUT2D eigenvalue weighted by Gasteiger charge is 2.19. The molecule has 148 valence electrons. The van der Waals surface area contributed by atoms with E-state index in [1.54, 1.807) is 29.8 Å². The first-order chi connectivity index (χ1) is 14.5. The van der Waals surface area contributed by atoms with Crippen molar-refractivity contribution in [1.29, 1.82) is 0 Å². The van der Waals surface area contributed by atoms with Crippen molar-refractivity contribution in [3.63, 3.8) is 0 Å². The van der Waals surface area contributed by atoms with E-state index >= 15 is 0 Å². The van der Waals surface area contributed by atoms with Crippen molar-refractivity contribution in [1.82, 2.24) is 19.7 Å². The van der Waals surface area contributed by atoms with Crippen LogP contribution in [0, 0.1) is 13.8 Å². The van der Waals surface area contributed by atoms with Crippen LogP contribution in [0.15, 0.2) is 59.0 Å². The summed E-state index contributed by atoms with van der Waals surface area (Å²) in [5.41, 5.74) is 5.65. The van der Waals surface area contributed by atoms with Crippen LogP contribution in [-0.4, -0.2) is 25.7 Å². The van der Waals surface area contributed by atoms with E-state index in [1.807, 2.05) is 50.4 Å². The van der Waals surface area contributed by atoms with E-state index in [2.05, 4.69) is 15.4 Å². The second-order valence-corrected chi connectivity index (χ2v) is 7.20. The molecule has 1 N–H and O–H groups in total. The first kappa shape index (κ1) is 18.1. The standard InChI is InChI=1S/C23H19N5O2/c1-13-21-17(23(29)25-16-9-10-20-19(11-16)24-14(2)30-20)12-18(15-7-5-4-6-8-15)26-22(21)28(3)27-13/h4-12H,1-3H3,(H,25,29). The Bertz CT molecular complexity index is 1420. The Kier molecular flexibility index (Phi) is 4.10. The second kappa shape index (κ2) is 6.81. The van der Waals surface area contributed by atoms with Crippen molar-refractivity contribution in [2.45, 2.75) is 13.8 Å². The smallest absolute Gasteiger partial charge is 0.256 e. The van der Waals surface area contributed by atoms with Crippen LogP contribution < -0.4 is 5.32 Å². The first-order valence-corrected chi connectivity index (χ1v) is 9.58. The molecule has 1 amide bonds. The fourth-order valence-corrected chi connectivity index (χ4v) is 3.70. The van der Waals surface area contributed by atoms with Crippen LogP contribution in [0.25, 0.3) is 33.4 Å². The molecule has 0 unspecified atom stereocenters. The number of rotatable bonds is 3. The number of fused-ring (bicyclic) bond motifs is 2. The number of oxazole rings is 1. The Labute approximate surface area is 172 Å². The topological polar surface area (TPSA) is 85.8 Å². The number of carbonyl (C=O) groups is 1. The van der Waals surface area contributed by atoms with Gasteiger partial charge in [0.05, 0.1) is 22.3 Å². The van der Waals surface area contributed by atoms with Gasteiger partial charge in [-0.2, -0.15) is 5.10 Å². The molecule has 7 nitrogen and oxygen atoms in total. The van der Waals surface area contributed by atoms with Gasteiger partial charge in [0, 0.05) is 25.2 Å². The normalized spacial score (nSPS) is 11.3. The summed E-state index contributed by atoms with van der Waals surface area (Å²) in [7, 11) is 1.83. The van der Waals surface area contributed by atoms with E-state index < -0.39 is 0 Å². The Hall–Kier alpha value is -4.00. The van der Waals surface area contributed by atoms with Gasteiger partial charge in [-0.15, -0.1) is 0 Å². The predicted octanol–water partition coefficient (Wildman–Crippen LogP) is 4.65. The molecule has 30 heavy (non-hydrogen) atoms. The lowest BCUT2D eigenvalue weighted by Crippen LogP contribution is -2.13. The number of carbonyl (C=O) groups excluding carboxylic acids is 1. The van der Waals surface area contributed by atoms with Crippen LogP contribution in [0.1, 0.15) is 21.9 Å². The van der Waals surface area contributed by atoms with Crippen molar-refractivity contribution in [2.75, 3.05) is 5.32 Å². The summed E-state index contributed by atoms with van der Waals surface area (Å²) in [6.07, 6.45) is 0. The van der Waals surface area contributed by atoms with Crippen LogP contribution in [0.5, 0.6) is 0 Å². The van der Waals surface area contributed by atoms with Gasteiger partial charge in [0.2, 0.25) is 0 Å². The van der Waals surface area contributed by atoms with Gasteiger partial charge in [-0.25, -0.2) is 9.97 Å². The molecule has 3 heterocycles. The Balaban J connectivity index is 1.61. The molecular weight excluding hydrogens is 378 g/mol. The summed E-state index contributed by atoms with van der Waals surface area (Å²) in [4.78, 5) is 22.4. The minimum absolute atomic E-state index is 0.227. The molecule has 7 heteroatoms. The molecule has 5 aromatic rings. The lowest BCUT2D eigenvalue weighted by molar-refractivity contribution is 0.102. The maximum absolute atomic E-state index is 13.3. The summed E-state index contributed by atoms with van der Waals surface area (Å²) >= 11 is 0. The number of aromatic nitrogens is 4. The highest BCUT2D eigenvalue weighted by Crippen LogP contribution is 2.28. The zero-order valence-electron chi connectivity index (χ0n) is 16.8. The van der Waals surface area contributed by atoms with Gasteiger partial charge >= 0.3 is 0 Å². The minimum atomic E-state index is -0.227. The third-order valence-electron chi connectivity index (χ3n) is 5.04. The Morgan fingerprint density at radius 3 is 2.63 bits per heavy atom. The second-order valence-electron chi connectivity index (χ2n) is 7.20. The minimum Gasteiger partial charge on any atom is -0.441 e. The summed E-state index contributed by atoms with van der Waals surface area (Å²) in [5, 5.41) is 8.20. The largest absolute Gasteiger partial charge is 0.441 e. The summed E-state index contributed by atoms with van der Waals surface area (Å²) in [6, 6.07) is 17.0. The maximum atomic E-state index is 13.3. The highest BCUT2D eigenvalue weighted by molar-refractivity contribution is 6.13. The third-order valence-corrected chi connectivity index (χ3v) is 5.04. The number of benzene rings is 2. The lowest BCUT2D eigenvalue weighted by Gasteiger charge is -2.09. The van der Waals surface area contributed by atoms with Gasteiger partial charge in [-0.3, -0.25) is 9.48 Å². The van der Waals surface area contributed by atoms with Crippen LogP contribution in [0.3, 0.4) is 0 Å². The molecule has 0 radical (unpaired) electrons. The molecule has 0 bridgehead atoms. The SMILES string of the molecule is Cc1nc2cc(NC(=O)c3cc(-c4ccccc4)nc4c3c(C)nn4C)ccc2o1. The van der Waals surface area contributed by atoms with E-state index in [1.165, 1.54) is 0 Å². The summed E-state index contributed by atoms with van der Waals surface area (Å²) < 4.78 is 7.22. The molecular formula is C23H19N5O2. The Morgan fingerprint density at radius 2 is 1.83 bits per heavy atom. The fourth-order valence-electron chi connectivity index (χ4n) is 3.70. The summed E-state index contributed by atoms with van der Waals surface area (Å²) in [6.45, 7) is 3.68. The Morgan fingerprint density at radius 1 is 1.03 bits per heavy atom. The molecule has 2 aromatic carbocycles. The van der Waals surface area contributed by atoms with Crippen molar-refractivity contribution in [2.24, 2.45) is 7.05 Å². The van der Waals surface area contributed by atoms with E-state index in [0.717, 1.165) is 22.3 Å². The summed E-state index contributed by atoms with van der Waals surface area (Å²) in [5.74, 6) is 0.359. The van der Waals surface area contributed by atoms with Crippen molar-refractivity contribution in [3.8, 4) is 11.3 Å². The number of aryl methyl sites for hydroxylation is 3. The van der Waals surface area contributed by atoms with Crippen molar-refractivity contribution in [3.05, 3.63) is 71.7 Å².